The number of alkyl halides is 2. The molecule has 3 rings (SSSR count). The van der Waals surface area contributed by atoms with E-state index in [-0.39, 0.29) is 17.9 Å². The van der Waals surface area contributed by atoms with Gasteiger partial charge in [-0.3, -0.25) is 4.79 Å². The van der Waals surface area contributed by atoms with Gasteiger partial charge in [0, 0.05) is 30.6 Å². The lowest BCUT2D eigenvalue weighted by atomic mass is 9.84. The summed E-state index contributed by atoms with van der Waals surface area (Å²) in [6.45, 7) is 0.226. The summed E-state index contributed by atoms with van der Waals surface area (Å²) < 4.78 is 63.6. The van der Waals surface area contributed by atoms with Gasteiger partial charge < -0.3 is 26.2 Å². The number of nitrogens with two attached hydrogens (primary N) is 1. The molecule has 2 amide bonds. The Morgan fingerprint density at radius 3 is 2.04 bits per heavy atom. The van der Waals surface area contributed by atoms with Crippen LogP contribution in [0.1, 0.15) is 56.1 Å². The molecule has 0 aliphatic rings. The van der Waals surface area contributed by atoms with Crippen molar-refractivity contribution in [3.63, 3.8) is 0 Å². The number of unbranched alkanes of at least 4 members (excludes halogenated alkanes) is 2. The van der Waals surface area contributed by atoms with Crippen molar-refractivity contribution >= 4 is 27.7 Å². The fourth-order valence-electron chi connectivity index (χ4n) is 5.29. The van der Waals surface area contributed by atoms with Crippen LogP contribution in [0.5, 0.6) is 0 Å². The fraction of sp³-hybridized carbons (Fsp3) is 0.412. The summed E-state index contributed by atoms with van der Waals surface area (Å²) in [6.07, 6.45) is -0.118. The summed E-state index contributed by atoms with van der Waals surface area (Å²) in [5.41, 5.74) is 7.41. The molecule has 47 heavy (non-hydrogen) atoms. The number of hydrogen-bond acceptors (Lipinski definition) is 7. The summed E-state index contributed by atoms with van der Waals surface area (Å²) in [6, 6.07) is 20.8. The largest absolute Gasteiger partial charge is 0.453 e. The molecular weight excluding hydrogens is 630 g/mol. The van der Waals surface area contributed by atoms with Crippen LogP contribution in [0.15, 0.2) is 89.8 Å². The number of anilines is 1. The van der Waals surface area contributed by atoms with Crippen molar-refractivity contribution in [3.8, 4) is 0 Å². The van der Waals surface area contributed by atoms with Crippen molar-refractivity contribution in [3.05, 3.63) is 96.1 Å². The molecule has 10 nitrogen and oxygen atoms in total. The maximum absolute atomic E-state index is 15.4. The normalized spacial score (nSPS) is 13.3. The number of hydrogen-bond donors (Lipinski definition) is 4. The number of halogens is 2. The van der Waals surface area contributed by atoms with E-state index < -0.39 is 65.5 Å². The second-order valence-corrected chi connectivity index (χ2v) is 13.1. The Morgan fingerprint density at radius 1 is 0.957 bits per heavy atom. The number of methoxy groups -OCH3 is 1. The Bertz CT molecular complexity index is 1470. The minimum absolute atomic E-state index is 0.0370. The van der Waals surface area contributed by atoms with Crippen molar-refractivity contribution in [2.24, 2.45) is 0 Å². The zero-order valence-electron chi connectivity index (χ0n) is 26.6. The first-order valence-corrected chi connectivity index (χ1v) is 17.0. The SMILES string of the molecule is CCCCCN(C(CO)CCC(F)(F)CNC(=O)C(NC(=O)OC)C(c1ccccc1)c1ccccc1)S(=O)(=O)c1ccc(N)cc1. The highest BCUT2D eigenvalue weighted by molar-refractivity contribution is 7.89. The molecule has 13 heteroatoms. The van der Waals surface area contributed by atoms with E-state index in [1.807, 2.05) is 6.92 Å². The van der Waals surface area contributed by atoms with Gasteiger partial charge in [0.25, 0.3) is 5.92 Å². The smallest absolute Gasteiger partial charge is 0.407 e. The highest BCUT2D eigenvalue weighted by Crippen LogP contribution is 2.30. The number of nitrogens with zero attached hydrogens (tertiary/aromatic N) is 1. The van der Waals surface area contributed by atoms with E-state index in [1.54, 1.807) is 60.7 Å². The van der Waals surface area contributed by atoms with Crippen LogP contribution in [-0.2, 0) is 19.6 Å². The first-order valence-electron chi connectivity index (χ1n) is 15.5. The molecule has 5 N–H and O–H groups in total. The van der Waals surface area contributed by atoms with E-state index in [1.165, 1.54) is 24.3 Å². The van der Waals surface area contributed by atoms with Crippen molar-refractivity contribution in [2.75, 3.05) is 32.5 Å². The lowest BCUT2D eigenvalue weighted by Gasteiger charge is -2.31. The van der Waals surface area contributed by atoms with Gasteiger partial charge in [-0.15, -0.1) is 0 Å². The van der Waals surface area contributed by atoms with Crippen LogP contribution in [0.4, 0.5) is 19.3 Å². The number of alkyl carbamates (subject to hydrolysis) is 1. The maximum atomic E-state index is 15.4. The molecule has 3 aromatic rings. The summed E-state index contributed by atoms with van der Waals surface area (Å²) in [5.74, 6) is -5.08. The molecule has 0 aliphatic carbocycles. The average Bonchev–Trinajstić information content (AvgIpc) is 3.07. The molecule has 2 atom stereocenters. The first kappa shape index (κ1) is 37.4. The standard InChI is InChI=1S/C34H44F2N4O6S/c1-3-4-11-22-40(47(44,45)29-18-16-27(37)17-19-29)28(23-41)20-21-34(35,36)24-38-32(42)31(39-33(43)46-2)30(25-12-7-5-8-13-25)26-14-9-6-10-15-26/h5-10,12-19,28,30-31,41H,3-4,11,20-24,37H2,1-2H3,(H,38,42)(H,39,43). The zero-order chi connectivity index (χ0) is 34.5. The molecule has 0 saturated heterocycles. The third kappa shape index (κ3) is 10.7. The molecule has 0 heterocycles. The summed E-state index contributed by atoms with van der Waals surface area (Å²) in [4.78, 5) is 25.8. The zero-order valence-corrected chi connectivity index (χ0v) is 27.5. The average molecular weight is 675 g/mol. The third-order valence-corrected chi connectivity index (χ3v) is 9.81. The highest BCUT2D eigenvalue weighted by Gasteiger charge is 2.38. The Labute approximate surface area is 275 Å². The molecular formula is C34H44F2N4O6S. The Morgan fingerprint density at radius 2 is 1.53 bits per heavy atom. The van der Waals surface area contributed by atoms with Gasteiger partial charge in [0.2, 0.25) is 15.9 Å². The van der Waals surface area contributed by atoms with E-state index in [0.717, 1.165) is 17.8 Å². The van der Waals surface area contributed by atoms with E-state index in [9.17, 15) is 23.1 Å². The number of ether oxygens (including phenoxy) is 1. The predicted octanol–water partition coefficient (Wildman–Crippen LogP) is 4.90. The lowest BCUT2D eigenvalue weighted by molar-refractivity contribution is -0.125. The predicted molar refractivity (Wildman–Crippen MR) is 176 cm³/mol. The van der Waals surface area contributed by atoms with Crippen molar-refractivity contribution < 1.29 is 36.6 Å². The van der Waals surface area contributed by atoms with Gasteiger partial charge in [-0.25, -0.2) is 22.0 Å². The molecule has 0 bridgehead atoms. The second kappa shape index (κ2) is 17.7. The van der Waals surface area contributed by atoms with Crippen LogP contribution in [0.3, 0.4) is 0 Å². The Balaban J connectivity index is 1.79. The quantitative estimate of drug-likeness (QED) is 0.111. The number of nitrogen functional groups attached to an aromatic ring is 1. The van der Waals surface area contributed by atoms with Crippen LogP contribution < -0.4 is 16.4 Å². The summed E-state index contributed by atoms with van der Waals surface area (Å²) in [5, 5.41) is 15.0. The van der Waals surface area contributed by atoms with Crippen molar-refractivity contribution in [2.45, 2.75) is 67.8 Å². The van der Waals surface area contributed by atoms with Gasteiger partial charge in [0.05, 0.1) is 25.2 Å². The Hall–Kier alpha value is -4.07. The molecule has 256 valence electrons. The lowest BCUT2D eigenvalue weighted by Crippen LogP contribution is -2.52. The van der Waals surface area contributed by atoms with Gasteiger partial charge in [-0.2, -0.15) is 4.31 Å². The van der Waals surface area contributed by atoms with Crippen molar-refractivity contribution in [1.82, 2.24) is 14.9 Å². The second-order valence-electron chi connectivity index (χ2n) is 11.3. The molecule has 0 fully saturated rings. The van der Waals surface area contributed by atoms with Gasteiger partial charge in [-0.1, -0.05) is 80.4 Å². The molecule has 0 aromatic heterocycles. The van der Waals surface area contributed by atoms with Gasteiger partial charge >= 0.3 is 6.09 Å². The van der Waals surface area contributed by atoms with E-state index in [2.05, 4.69) is 10.6 Å². The minimum Gasteiger partial charge on any atom is -0.453 e. The number of carbonyl (C=O) groups excluding carboxylic acids is 2. The molecule has 0 saturated carbocycles. The van der Waals surface area contributed by atoms with Crippen LogP contribution in [0, 0.1) is 0 Å². The number of rotatable bonds is 18. The maximum Gasteiger partial charge on any atom is 0.407 e. The number of aliphatic hydroxyl groups excluding tert-OH is 1. The number of carbonyl (C=O) groups is 2. The van der Waals surface area contributed by atoms with Gasteiger partial charge in [0.1, 0.15) is 6.04 Å². The van der Waals surface area contributed by atoms with Crippen LogP contribution in [0.25, 0.3) is 0 Å². The summed E-state index contributed by atoms with van der Waals surface area (Å²) in [7, 11) is -3.01. The third-order valence-electron chi connectivity index (χ3n) is 7.84. The van der Waals surface area contributed by atoms with Crippen LogP contribution >= 0.6 is 0 Å². The molecule has 0 aliphatic heterocycles. The van der Waals surface area contributed by atoms with E-state index in [4.69, 9.17) is 10.5 Å². The molecule has 2 unspecified atom stereocenters. The van der Waals surface area contributed by atoms with E-state index >= 15 is 8.78 Å². The van der Waals surface area contributed by atoms with Crippen LogP contribution in [-0.4, -0.2) is 74.6 Å². The highest BCUT2D eigenvalue weighted by atomic mass is 32.2. The first-order chi connectivity index (χ1) is 22.4. The number of benzene rings is 3. The number of aliphatic hydroxyl groups is 1. The van der Waals surface area contributed by atoms with Crippen LogP contribution in [0.2, 0.25) is 0 Å². The van der Waals surface area contributed by atoms with Crippen molar-refractivity contribution in [1.29, 1.82) is 0 Å². The van der Waals surface area contributed by atoms with Gasteiger partial charge in [-0.05, 0) is 48.2 Å². The minimum atomic E-state index is -4.14. The molecule has 3 aromatic carbocycles. The van der Waals surface area contributed by atoms with E-state index in [0.29, 0.717) is 29.7 Å². The number of nitrogens with one attached hydrogen (secondary N) is 2. The topological polar surface area (TPSA) is 151 Å². The number of sulfonamides is 1. The molecule has 0 spiro atoms. The number of amides is 2. The molecule has 0 radical (unpaired) electrons. The fourth-order valence-corrected chi connectivity index (χ4v) is 6.98. The van der Waals surface area contributed by atoms with Gasteiger partial charge in [0.15, 0.2) is 0 Å². The summed E-state index contributed by atoms with van der Waals surface area (Å²) >= 11 is 0. The Kier molecular flexibility index (Phi) is 14.1. The monoisotopic (exact) mass is 674 g/mol.